The van der Waals surface area contributed by atoms with Crippen LogP contribution in [0.5, 0.6) is 5.75 Å². The number of nitriles is 1. The first-order valence-electron chi connectivity index (χ1n) is 9.27. The third-order valence-electron chi connectivity index (χ3n) is 4.60. The molecular weight excluding hydrogens is 368 g/mol. The smallest absolute Gasteiger partial charge is 0.338 e. The average Bonchev–Trinajstić information content (AvgIpc) is 2.73. The van der Waals surface area contributed by atoms with Gasteiger partial charge in [0, 0.05) is 0 Å². The number of ether oxygens (including phenoxy) is 3. The van der Waals surface area contributed by atoms with Crippen LogP contribution in [-0.2, 0) is 20.9 Å². The molecule has 6 nitrogen and oxygen atoms in total. The van der Waals surface area contributed by atoms with Crippen LogP contribution >= 0.6 is 0 Å². The van der Waals surface area contributed by atoms with E-state index >= 15 is 0 Å². The summed E-state index contributed by atoms with van der Waals surface area (Å²) in [6.07, 6.45) is 0. The quantitative estimate of drug-likeness (QED) is 0.752. The Labute approximate surface area is 169 Å². The van der Waals surface area contributed by atoms with Crippen molar-refractivity contribution < 1.29 is 19.0 Å². The lowest BCUT2D eigenvalue weighted by molar-refractivity contribution is -0.139. The Bertz CT molecular complexity index is 1000. The van der Waals surface area contributed by atoms with Crippen molar-refractivity contribution in [2.45, 2.75) is 26.4 Å². The molecule has 0 radical (unpaired) electrons. The Morgan fingerprint density at radius 1 is 1.17 bits per heavy atom. The fraction of sp³-hybridized carbons (Fsp3) is 0.217. The third-order valence-corrected chi connectivity index (χ3v) is 4.60. The number of nitrogens with zero attached hydrogens (tertiary/aromatic N) is 1. The zero-order valence-corrected chi connectivity index (χ0v) is 16.3. The number of hydrogen-bond acceptors (Lipinski definition) is 6. The highest BCUT2D eigenvalue weighted by Crippen LogP contribution is 2.41. The molecule has 29 heavy (non-hydrogen) atoms. The maximum atomic E-state index is 12.7. The van der Waals surface area contributed by atoms with Crippen molar-refractivity contribution in [1.29, 1.82) is 5.26 Å². The number of carbonyl (C=O) groups is 1. The number of nitrogens with two attached hydrogens (primary N) is 1. The molecule has 2 aromatic rings. The molecule has 0 aliphatic carbocycles. The highest BCUT2D eigenvalue weighted by atomic mass is 16.5. The van der Waals surface area contributed by atoms with Gasteiger partial charge in [0.15, 0.2) is 0 Å². The van der Waals surface area contributed by atoms with Crippen LogP contribution in [0.1, 0.15) is 30.9 Å². The van der Waals surface area contributed by atoms with Crippen molar-refractivity contribution in [2.24, 2.45) is 5.73 Å². The Kier molecular flexibility index (Phi) is 6.20. The molecule has 1 unspecified atom stereocenters. The fourth-order valence-electron chi connectivity index (χ4n) is 3.29. The summed E-state index contributed by atoms with van der Waals surface area (Å²) in [4.78, 5) is 12.7. The average molecular weight is 390 g/mol. The molecule has 0 saturated carbocycles. The second-order valence-electron chi connectivity index (χ2n) is 6.42. The normalized spacial score (nSPS) is 16.1. The SMILES string of the molecule is CCOC(=O)C1=C(C)OC(N)=C(C#N)C1c1ccccc1COc1ccccc1. The summed E-state index contributed by atoms with van der Waals surface area (Å²) >= 11 is 0. The van der Waals surface area contributed by atoms with E-state index in [9.17, 15) is 10.1 Å². The van der Waals surface area contributed by atoms with Crippen molar-refractivity contribution in [3.05, 3.63) is 88.5 Å². The lowest BCUT2D eigenvalue weighted by Crippen LogP contribution is -2.26. The summed E-state index contributed by atoms with van der Waals surface area (Å²) in [7, 11) is 0. The second kappa shape index (κ2) is 8.98. The number of para-hydroxylation sites is 1. The van der Waals surface area contributed by atoms with E-state index in [1.54, 1.807) is 13.8 Å². The lowest BCUT2D eigenvalue weighted by atomic mass is 9.81. The summed E-state index contributed by atoms with van der Waals surface area (Å²) in [5.41, 5.74) is 7.99. The van der Waals surface area contributed by atoms with E-state index in [1.807, 2.05) is 54.6 Å². The van der Waals surface area contributed by atoms with Gasteiger partial charge in [-0.25, -0.2) is 4.79 Å². The summed E-state index contributed by atoms with van der Waals surface area (Å²) in [5.74, 6) is -0.190. The van der Waals surface area contributed by atoms with E-state index in [1.165, 1.54) is 0 Å². The molecule has 6 heteroatoms. The van der Waals surface area contributed by atoms with Crippen molar-refractivity contribution in [3.8, 4) is 11.8 Å². The van der Waals surface area contributed by atoms with Gasteiger partial charge >= 0.3 is 5.97 Å². The molecular formula is C23H22N2O4. The fourth-order valence-corrected chi connectivity index (χ4v) is 3.29. The predicted octanol–water partition coefficient (Wildman–Crippen LogP) is 3.91. The van der Waals surface area contributed by atoms with Crippen LogP contribution in [-0.4, -0.2) is 12.6 Å². The van der Waals surface area contributed by atoms with E-state index in [4.69, 9.17) is 19.9 Å². The van der Waals surface area contributed by atoms with Gasteiger partial charge in [0.1, 0.15) is 29.8 Å². The van der Waals surface area contributed by atoms with Gasteiger partial charge in [-0.05, 0) is 37.1 Å². The minimum atomic E-state index is -0.691. The standard InChI is InChI=1S/C23H22N2O4/c1-3-27-23(26)20-15(2)29-22(25)19(13-24)21(20)18-12-8-7-9-16(18)14-28-17-10-5-4-6-11-17/h4-12,21H,3,14,25H2,1-2H3. The highest BCUT2D eigenvalue weighted by Gasteiger charge is 2.37. The molecule has 0 aromatic heterocycles. The highest BCUT2D eigenvalue weighted by molar-refractivity contribution is 5.92. The molecule has 2 N–H and O–H groups in total. The molecule has 2 aromatic carbocycles. The first-order valence-corrected chi connectivity index (χ1v) is 9.27. The molecule has 0 spiro atoms. The molecule has 0 saturated heterocycles. The van der Waals surface area contributed by atoms with Gasteiger partial charge in [-0.3, -0.25) is 0 Å². The summed E-state index contributed by atoms with van der Waals surface area (Å²) in [6, 6.07) is 19.0. The van der Waals surface area contributed by atoms with Crippen molar-refractivity contribution >= 4 is 5.97 Å². The van der Waals surface area contributed by atoms with Crippen LogP contribution in [0.3, 0.4) is 0 Å². The minimum Gasteiger partial charge on any atom is -0.489 e. The molecule has 0 fully saturated rings. The maximum Gasteiger partial charge on any atom is 0.338 e. The van der Waals surface area contributed by atoms with Crippen LogP contribution in [0, 0.1) is 11.3 Å². The molecule has 148 valence electrons. The zero-order chi connectivity index (χ0) is 20.8. The van der Waals surface area contributed by atoms with Gasteiger partial charge in [-0.1, -0.05) is 42.5 Å². The third kappa shape index (κ3) is 4.25. The molecule has 1 aliphatic heterocycles. The molecule has 1 heterocycles. The van der Waals surface area contributed by atoms with Crippen molar-refractivity contribution in [3.63, 3.8) is 0 Å². The van der Waals surface area contributed by atoms with E-state index < -0.39 is 11.9 Å². The van der Waals surface area contributed by atoms with Crippen molar-refractivity contribution in [2.75, 3.05) is 6.61 Å². The van der Waals surface area contributed by atoms with Gasteiger partial charge in [-0.2, -0.15) is 5.26 Å². The molecule has 3 rings (SSSR count). The summed E-state index contributed by atoms with van der Waals surface area (Å²) in [5, 5.41) is 9.73. The van der Waals surface area contributed by atoms with E-state index in [0.29, 0.717) is 5.76 Å². The lowest BCUT2D eigenvalue weighted by Gasteiger charge is -2.28. The Morgan fingerprint density at radius 3 is 2.55 bits per heavy atom. The van der Waals surface area contributed by atoms with Gasteiger partial charge < -0.3 is 19.9 Å². The van der Waals surface area contributed by atoms with E-state index in [2.05, 4.69) is 6.07 Å². The second-order valence-corrected chi connectivity index (χ2v) is 6.42. The topological polar surface area (TPSA) is 94.6 Å². The number of rotatable bonds is 6. The van der Waals surface area contributed by atoms with Gasteiger partial charge in [0.05, 0.1) is 18.1 Å². The molecule has 1 aliphatic rings. The zero-order valence-electron chi connectivity index (χ0n) is 16.3. The first-order chi connectivity index (χ1) is 14.1. The monoisotopic (exact) mass is 390 g/mol. The first kappa shape index (κ1) is 20.0. The summed E-state index contributed by atoms with van der Waals surface area (Å²) < 4.78 is 16.6. The number of benzene rings is 2. The van der Waals surface area contributed by atoms with E-state index in [-0.39, 0.29) is 30.2 Å². The van der Waals surface area contributed by atoms with Gasteiger partial charge in [0.25, 0.3) is 0 Å². The van der Waals surface area contributed by atoms with Crippen LogP contribution in [0.4, 0.5) is 0 Å². The number of hydrogen-bond donors (Lipinski definition) is 1. The van der Waals surface area contributed by atoms with Crippen LogP contribution in [0.15, 0.2) is 77.4 Å². The number of esters is 1. The number of allylic oxidation sites excluding steroid dienone is 2. The molecule has 0 amide bonds. The Hall–Kier alpha value is -3.72. The molecule has 0 bridgehead atoms. The van der Waals surface area contributed by atoms with Gasteiger partial charge in [-0.15, -0.1) is 0 Å². The minimum absolute atomic E-state index is 0.0122. The predicted molar refractivity (Wildman–Crippen MR) is 107 cm³/mol. The maximum absolute atomic E-state index is 12.7. The molecule has 1 atom stereocenters. The Balaban J connectivity index is 2.04. The van der Waals surface area contributed by atoms with E-state index in [0.717, 1.165) is 16.9 Å². The summed E-state index contributed by atoms with van der Waals surface area (Å²) in [6.45, 7) is 3.85. The largest absolute Gasteiger partial charge is 0.489 e. The van der Waals surface area contributed by atoms with Crippen molar-refractivity contribution in [1.82, 2.24) is 0 Å². The van der Waals surface area contributed by atoms with Gasteiger partial charge in [0.2, 0.25) is 5.88 Å². The Morgan fingerprint density at radius 2 is 1.86 bits per heavy atom. The van der Waals surface area contributed by atoms with Crippen LogP contribution in [0.2, 0.25) is 0 Å². The number of carbonyl (C=O) groups excluding carboxylic acids is 1. The van der Waals surface area contributed by atoms with Crippen LogP contribution < -0.4 is 10.5 Å². The van der Waals surface area contributed by atoms with Crippen LogP contribution in [0.25, 0.3) is 0 Å².